The van der Waals surface area contributed by atoms with Gasteiger partial charge in [0.2, 0.25) is 0 Å². The van der Waals surface area contributed by atoms with E-state index in [-0.39, 0.29) is 0 Å². The van der Waals surface area contributed by atoms with Gasteiger partial charge in [-0.15, -0.1) is 0 Å². The highest BCUT2D eigenvalue weighted by atomic mass is 79.9. The van der Waals surface area contributed by atoms with Crippen LogP contribution in [0.3, 0.4) is 0 Å². The van der Waals surface area contributed by atoms with E-state index in [0.717, 1.165) is 11.9 Å². The summed E-state index contributed by atoms with van der Waals surface area (Å²) >= 11 is 3.74. The molecule has 84 valence electrons. The van der Waals surface area contributed by atoms with Gasteiger partial charge in [-0.25, -0.2) is 0 Å². The van der Waals surface area contributed by atoms with Crippen LogP contribution in [0.15, 0.2) is 36.5 Å². The van der Waals surface area contributed by atoms with Gasteiger partial charge in [0.15, 0.2) is 0 Å². The third-order valence-electron chi connectivity index (χ3n) is 2.88. The van der Waals surface area contributed by atoms with Crippen LogP contribution in [-0.2, 0) is 6.42 Å². The lowest BCUT2D eigenvalue weighted by Gasteiger charge is -2.14. The maximum atomic E-state index is 4.38. The normalized spacial score (nSPS) is 13.2. The van der Waals surface area contributed by atoms with Crippen molar-refractivity contribution in [1.82, 2.24) is 4.98 Å². The number of aromatic nitrogens is 1. The molecule has 0 N–H and O–H groups in total. The minimum Gasteiger partial charge on any atom is -0.256 e. The summed E-state index contributed by atoms with van der Waals surface area (Å²) in [6.45, 7) is 4.48. The van der Waals surface area contributed by atoms with Crippen molar-refractivity contribution < 1.29 is 0 Å². The smallest absolute Gasteiger partial charge is 0.0704 e. The molecule has 1 unspecified atom stereocenters. The number of fused-ring (bicyclic) bond motifs is 1. The van der Waals surface area contributed by atoms with Gasteiger partial charge in [-0.3, -0.25) is 4.98 Å². The molecule has 2 heteroatoms. The van der Waals surface area contributed by atoms with E-state index in [1.807, 2.05) is 12.3 Å². The van der Waals surface area contributed by atoms with Crippen LogP contribution in [0.2, 0.25) is 0 Å². The molecule has 0 fully saturated rings. The number of hydrogen-bond donors (Lipinski definition) is 0. The lowest BCUT2D eigenvalue weighted by molar-refractivity contribution is 0.614. The largest absolute Gasteiger partial charge is 0.256 e. The lowest BCUT2D eigenvalue weighted by Crippen LogP contribution is -2.10. The van der Waals surface area contributed by atoms with Gasteiger partial charge in [0, 0.05) is 16.4 Å². The molecular weight excluding hydrogens is 262 g/mol. The second-order valence-electron chi connectivity index (χ2n) is 4.45. The first kappa shape index (κ1) is 11.6. The predicted molar refractivity (Wildman–Crippen MR) is 73.0 cm³/mol. The standard InChI is InChI=1S/C14H16BrN/c1-10(2)13(15)9-11-7-8-16-14-6-4-3-5-12(11)14/h3-8,10,13H,9H2,1-2H3. The molecule has 0 saturated heterocycles. The fourth-order valence-corrected chi connectivity index (χ4v) is 2.13. The Labute approximate surface area is 105 Å². The number of pyridine rings is 1. The lowest BCUT2D eigenvalue weighted by atomic mass is 10.00. The van der Waals surface area contributed by atoms with Gasteiger partial charge >= 0.3 is 0 Å². The van der Waals surface area contributed by atoms with Crippen LogP contribution in [0, 0.1) is 5.92 Å². The van der Waals surface area contributed by atoms with Crippen molar-refractivity contribution in [3.8, 4) is 0 Å². The SMILES string of the molecule is CC(C)C(Br)Cc1ccnc2ccccc12. The molecule has 0 amide bonds. The van der Waals surface area contributed by atoms with Gasteiger partial charge in [-0.05, 0) is 30.0 Å². The number of alkyl halides is 1. The van der Waals surface area contributed by atoms with Gasteiger partial charge in [0.1, 0.15) is 0 Å². The molecule has 0 spiro atoms. The monoisotopic (exact) mass is 277 g/mol. The Balaban J connectivity index is 2.37. The van der Waals surface area contributed by atoms with Crippen molar-refractivity contribution in [3.05, 3.63) is 42.1 Å². The zero-order chi connectivity index (χ0) is 11.5. The minimum absolute atomic E-state index is 0.526. The fourth-order valence-electron chi connectivity index (χ4n) is 1.78. The van der Waals surface area contributed by atoms with E-state index in [1.165, 1.54) is 10.9 Å². The first-order valence-corrected chi connectivity index (χ1v) is 6.56. The van der Waals surface area contributed by atoms with Crippen LogP contribution in [0.1, 0.15) is 19.4 Å². The second-order valence-corrected chi connectivity index (χ2v) is 5.63. The Hall–Kier alpha value is -0.890. The Morgan fingerprint density at radius 3 is 2.69 bits per heavy atom. The average Bonchev–Trinajstić information content (AvgIpc) is 2.29. The van der Waals surface area contributed by atoms with E-state index in [9.17, 15) is 0 Å². The quantitative estimate of drug-likeness (QED) is 0.767. The molecule has 0 aliphatic carbocycles. The molecule has 0 aliphatic rings. The van der Waals surface area contributed by atoms with Crippen molar-refractivity contribution in [2.45, 2.75) is 25.1 Å². The number of halogens is 1. The van der Waals surface area contributed by atoms with Crippen molar-refractivity contribution in [2.24, 2.45) is 5.92 Å². The van der Waals surface area contributed by atoms with Gasteiger partial charge in [0.25, 0.3) is 0 Å². The van der Waals surface area contributed by atoms with Crippen molar-refractivity contribution in [1.29, 1.82) is 0 Å². The maximum Gasteiger partial charge on any atom is 0.0704 e. The third kappa shape index (κ3) is 2.43. The van der Waals surface area contributed by atoms with Crippen LogP contribution >= 0.6 is 15.9 Å². The van der Waals surface area contributed by atoms with Crippen LogP contribution in [-0.4, -0.2) is 9.81 Å². The zero-order valence-electron chi connectivity index (χ0n) is 9.65. The van der Waals surface area contributed by atoms with E-state index >= 15 is 0 Å². The van der Waals surface area contributed by atoms with E-state index in [0.29, 0.717) is 10.7 Å². The van der Waals surface area contributed by atoms with Crippen molar-refractivity contribution in [2.75, 3.05) is 0 Å². The molecule has 1 nitrogen and oxygen atoms in total. The summed E-state index contributed by atoms with van der Waals surface area (Å²) in [5.41, 5.74) is 2.46. The molecule has 0 bridgehead atoms. The Morgan fingerprint density at radius 1 is 1.19 bits per heavy atom. The first-order chi connectivity index (χ1) is 7.68. The highest BCUT2D eigenvalue weighted by Gasteiger charge is 2.11. The predicted octanol–water partition coefficient (Wildman–Crippen LogP) is 4.20. The van der Waals surface area contributed by atoms with Gasteiger partial charge in [0.05, 0.1) is 5.52 Å². The molecular formula is C14H16BrN. The molecule has 2 aromatic rings. The fraction of sp³-hybridized carbons (Fsp3) is 0.357. The Kier molecular flexibility index (Phi) is 3.59. The molecule has 1 heterocycles. The second kappa shape index (κ2) is 4.96. The molecule has 2 rings (SSSR count). The highest BCUT2D eigenvalue weighted by Crippen LogP contribution is 2.23. The molecule has 16 heavy (non-hydrogen) atoms. The first-order valence-electron chi connectivity index (χ1n) is 5.65. The van der Waals surface area contributed by atoms with Gasteiger partial charge in [-0.1, -0.05) is 48.0 Å². The van der Waals surface area contributed by atoms with Crippen LogP contribution in [0.4, 0.5) is 0 Å². The number of benzene rings is 1. The molecule has 0 radical (unpaired) electrons. The van der Waals surface area contributed by atoms with E-state index in [4.69, 9.17) is 0 Å². The Morgan fingerprint density at radius 2 is 1.94 bits per heavy atom. The van der Waals surface area contributed by atoms with Crippen molar-refractivity contribution in [3.63, 3.8) is 0 Å². The minimum atomic E-state index is 0.526. The summed E-state index contributed by atoms with van der Waals surface area (Å²) < 4.78 is 0. The Bertz CT molecular complexity index is 474. The van der Waals surface area contributed by atoms with Gasteiger partial charge in [-0.2, -0.15) is 0 Å². The van der Waals surface area contributed by atoms with E-state index < -0.39 is 0 Å². The summed E-state index contributed by atoms with van der Waals surface area (Å²) in [7, 11) is 0. The van der Waals surface area contributed by atoms with Crippen LogP contribution < -0.4 is 0 Å². The van der Waals surface area contributed by atoms with E-state index in [2.05, 4.69) is 59.0 Å². The number of hydrogen-bond acceptors (Lipinski definition) is 1. The van der Waals surface area contributed by atoms with Crippen LogP contribution in [0.25, 0.3) is 10.9 Å². The summed E-state index contributed by atoms with van der Waals surface area (Å²) in [4.78, 5) is 4.90. The molecule has 0 saturated carbocycles. The molecule has 1 atom stereocenters. The number of nitrogens with zero attached hydrogens (tertiary/aromatic N) is 1. The summed E-state index contributed by atoms with van der Waals surface area (Å²) in [5, 5.41) is 1.27. The summed E-state index contributed by atoms with van der Waals surface area (Å²) in [6.07, 6.45) is 2.96. The number of rotatable bonds is 3. The molecule has 1 aromatic carbocycles. The molecule has 0 aliphatic heterocycles. The third-order valence-corrected chi connectivity index (χ3v) is 4.26. The van der Waals surface area contributed by atoms with Crippen LogP contribution in [0.5, 0.6) is 0 Å². The maximum absolute atomic E-state index is 4.38. The topological polar surface area (TPSA) is 12.9 Å². The summed E-state index contributed by atoms with van der Waals surface area (Å²) in [5.74, 6) is 0.645. The van der Waals surface area contributed by atoms with Gasteiger partial charge < -0.3 is 0 Å². The number of para-hydroxylation sites is 1. The molecule has 1 aromatic heterocycles. The average molecular weight is 278 g/mol. The highest BCUT2D eigenvalue weighted by molar-refractivity contribution is 9.09. The summed E-state index contributed by atoms with van der Waals surface area (Å²) in [6, 6.07) is 10.5. The van der Waals surface area contributed by atoms with Crippen molar-refractivity contribution >= 4 is 26.8 Å². The zero-order valence-corrected chi connectivity index (χ0v) is 11.2. The van der Waals surface area contributed by atoms with E-state index in [1.54, 1.807) is 0 Å².